The predicted molar refractivity (Wildman–Crippen MR) is 62.6 cm³/mol. The molecule has 0 heterocycles. The molecule has 82 valence electrons. The monoisotopic (exact) mass is 293 g/mol. The molecule has 1 aromatic carbocycles. The first-order valence-corrected chi connectivity index (χ1v) is 5.29. The van der Waals surface area contributed by atoms with Gasteiger partial charge in [0.15, 0.2) is 11.6 Å². The fraction of sp³-hybridized carbons (Fsp3) is 0.222. The predicted octanol–water partition coefficient (Wildman–Crippen LogP) is 1.59. The smallest absolute Gasteiger partial charge is 0.179 e. The van der Waals surface area contributed by atoms with Crippen LogP contribution in [0, 0.1) is 5.82 Å². The minimum absolute atomic E-state index is 0.0375. The van der Waals surface area contributed by atoms with E-state index in [4.69, 9.17) is 27.8 Å². The van der Waals surface area contributed by atoms with Gasteiger partial charge < -0.3 is 15.6 Å². The molecule has 1 rings (SSSR count). The maximum atomic E-state index is 13.6. The number of aliphatic hydroxyl groups is 1. The van der Waals surface area contributed by atoms with E-state index in [0.717, 1.165) is 0 Å². The van der Waals surface area contributed by atoms with Crippen molar-refractivity contribution in [3.63, 3.8) is 0 Å². The molecule has 15 heavy (non-hydrogen) atoms. The Kier molecular flexibility index (Phi) is 4.44. The molecule has 0 amide bonds. The SMILES string of the molecule is NC(=S)c1ccc(OCCO)c(F)c1Br. The summed E-state index contributed by atoms with van der Waals surface area (Å²) in [5.74, 6) is -0.523. The highest BCUT2D eigenvalue weighted by molar-refractivity contribution is 9.10. The second-order valence-corrected chi connectivity index (χ2v) is 3.91. The highest BCUT2D eigenvalue weighted by Crippen LogP contribution is 2.28. The number of hydrogen-bond acceptors (Lipinski definition) is 3. The van der Waals surface area contributed by atoms with Crippen molar-refractivity contribution in [1.82, 2.24) is 0 Å². The van der Waals surface area contributed by atoms with Gasteiger partial charge in [-0.1, -0.05) is 12.2 Å². The lowest BCUT2D eigenvalue weighted by Gasteiger charge is -2.09. The van der Waals surface area contributed by atoms with Crippen molar-refractivity contribution in [2.45, 2.75) is 0 Å². The van der Waals surface area contributed by atoms with E-state index in [1.807, 2.05) is 0 Å². The van der Waals surface area contributed by atoms with E-state index >= 15 is 0 Å². The number of benzene rings is 1. The minimum atomic E-state index is -0.575. The normalized spacial score (nSPS) is 10.1. The fourth-order valence-electron chi connectivity index (χ4n) is 0.989. The molecule has 0 bridgehead atoms. The second kappa shape index (κ2) is 5.39. The van der Waals surface area contributed by atoms with Gasteiger partial charge in [-0.25, -0.2) is 4.39 Å². The molecule has 1 aromatic rings. The van der Waals surface area contributed by atoms with Crippen molar-refractivity contribution >= 4 is 33.1 Å². The van der Waals surface area contributed by atoms with Crippen LogP contribution in [0.1, 0.15) is 5.56 Å². The maximum absolute atomic E-state index is 13.6. The van der Waals surface area contributed by atoms with Gasteiger partial charge in [-0.2, -0.15) is 0 Å². The van der Waals surface area contributed by atoms with Crippen LogP contribution < -0.4 is 10.5 Å². The van der Waals surface area contributed by atoms with Gasteiger partial charge in [0.1, 0.15) is 11.6 Å². The lowest BCUT2D eigenvalue weighted by Crippen LogP contribution is -2.11. The number of hydrogen-bond donors (Lipinski definition) is 2. The Morgan fingerprint density at radius 3 is 2.80 bits per heavy atom. The number of aliphatic hydroxyl groups excluding tert-OH is 1. The number of nitrogens with two attached hydrogens (primary N) is 1. The highest BCUT2D eigenvalue weighted by atomic mass is 79.9. The van der Waals surface area contributed by atoms with Gasteiger partial charge in [-0.15, -0.1) is 0 Å². The molecule has 0 aliphatic heterocycles. The number of ether oxygens (including phenoxy) is 1. The Labute approximate surface area is 100 Å². The first kappa shape index (κ1) is 12.4. The Bertz CT molecular complexity index is 387. The molecule has 0 aliphatic rings. The van der Waals surface area contributed by atoms with Gasteiger partial charge >= 0.3 is 0 Å². The van der Waals surface area contributed by atoms with Crippen LogP contribution in [0.15, 0.2) is 16.6 Å². The van der Waals surface area contributed by atoms with E-state index in [0.29, 0.717) is 5.56 Å². The van der Waals surface area contributed by atoms with Crippen molar-refractivity contribution in [2.24, 2.45) is 5.73 Å². The molecule has 0 atom stereocenters. The first-order chi connectivity index (χ1) is 7.07. The molecule has 3 nitrogen and oxygen atoms in total. The van der Waals surface area contributed by atoms with E-state index in [9.17, 15) is 4.39 Å². The average Bonchev–Trinajstić information content (AvgIpc) is 2.20. The standard InChI is InChI=1S/C9H9BrFNO2S/c10-7-5(9(12)15)1-2-6(8(7)11)14-4-3-13/h1-2,13H,3-4H2,(H2,12,15). The summed E-state index contributed by atoms with van der Waals surface area (Å²) < 4.78 is 18.7. The summed E-state index contributed by atoms with van der Waals surface area (Å²) in [4.78, 5) is 0.106. The third-order valence-electron chi connectivity index (χ3n) is 1.66. The molecular formula is C9H9BrFNO2S. The molecule has 6 heteroatoms. The van der Waals surface area contributed by atoms with Gasteiger partial charge in [0.25, 0.3) is 0 Å². The molecule has 0 fully saturated rings. The maximum Gasteiger partial charge on any atom is 0.179 e. The van der Waals surface area contributed by atoms with Crippen LogP contribution in [0.25, 0.3) is 0 Å². The Morgan fingerprint density at radius 1 is 1.60 bits per heavy atom. The van der Waals surface area contributed by atoms with Crippen LogP contribution in [0.4, 0.5) is 4.39 Å². The van der Waals surface area contributed by atoms with E-state index in [-0.39, 0.29) is 28.4 Å². The van der Waals surface area contributed by atoms with Crippen LogP contribution in [0.3, 0.4) is 0 Å². The Balaban J connectivity index is 3.04. The quantitative estimate of drug-likeness (QED) is 0.828. The van der Waals surface area contributed by atoms with Crippen LogP contribution >= 0.6 is 28.1 Å². The summed E-state index contributed by atoms with van der Waals surface area (Å²) in [5.41, 5.74) is 5.80. The summed E-state index contributed by atoms with van der Waals surface area (Å²) in [5, 5.41) is 8.53. The van der Waals surface area contributed by atoms with E-state index in [1.165, 1.54) is 6.07 Å². The molecule has 0 unspecified atom stereocenters. The number of halogens is 2. The second-order valence-electron chi connectivity index (χ2n) is 2.68. The molecule has 0 saturated carbocycles. The van der Waals surface area contributed by atoms with Crippen molar-refractivity contribution in [3.8, 4) is 5.75 Å². The molecule has 0 radical (unpaired) electrons. The van der Waals surface area contributed by atoms with E-state index in [2.05, 4.69) is 15.9 Å². The van der Waals surface area contributed by atoms with Crippen molar-refractivity contribution in [3.05, 3.63) is 28.0 Å². The first-order valence-electron chi connectivity index (χ1n) is 4.09. The lowest BCUT2D eigenvalue weighted by atomic mass is 10.2. The van der Waals surface area contributed by atoms with E-state index < -0.39 is 5.82 Å². The summed E-state index contributed by atoms with van der Waals surface area (Å²) >= 11 is 7.78. The summed E-state index contributed by atoms with van der Waals surface area (Å²) in [6.07, 6.45) is 0. The highest BCUT2D eigenvalue weighted by Gasteiger charge is 2.13. The molecule has 0 aliphatic carbocycles. The van der Waals surface area contributed by atoms with Crippen LogP contribution in [-0.2, 0) is 0 Å². The minimum Gasteiger partial charge on any atom is -0.488 e. The zero-order chi connectivity index (χ0) is 11.4. The van der Waals surface area contributed by atoms with Crippen LogP contribution in [-0.4, -0.2) is 23.3 Å². The summed E-state index contributed by atoms with van der Waals surface area (Å²) in [7, 11) is 0. The van der Waals surface area contributed by atoms with Crippen LogP contribution in [0.5, 0.6) is 5.75 Å². The topological polar surface area (TPSA) is 55.5 Å². The van der Waals surface area contributed by atoms with Gasteiger partial charge in [0.05, 0.1) is 11.1 Å². The average molecular weight is 294 g/mol. The van der Waals surface area contributed by atoms with E-state index in [1.54, 1.807) is 6.07 Å². The van der Waals surface area contributed by atoms with Gasteiger partial charge in [-0.3, -0.25) is 0 Å². The molecule has 3 N–H and O–H groups in total. The van der Waals surface area contributed by atoms with Gasteiger partial charge in [0, 0.05) is 5.56 Å². The van der Waals surface area contributed by atoms with Crippen molar-refractivity contribution < 1.29 is 14.2 Å². The Morgan fingerprint density at radius 2 is 2.27 bits per heavy atom. The van der Waals surface area contributed by atoms with Gasteiger partial charge in [0.2, 0.25) is 0 Å². The molecule has 0 saturated heterocycles. The number of rotatable bonds is 4. The fourth-order valence-corrected chi connectivity index (χ4v) is 1.83. The summed E-state index contributed by atoms with van der Waals surface area (Å²) in [6, 6.07) is 2.98. The number of thiocarbonyl (C=S) groups is 1. The summed E-state index contributed by atoms with van der Waals surface area (Å²) in [6.45, 7) is -0.135. The van der Waals surface area contributed by atoms with Crippen molar-refractivity contribution in [2.75, 3.05) is 13.2 Å². The zero-order valence-electron chi connectivity index (χ0n) is 7.67. The lowest BCUT2D eigenvalue weighted by molar-refractivity contribution is 0.196. The third kappa shape index (κ3) is 2.87. The largest absolute Gasteiger partial charge is 0.488 e. The Hall–Kier alpha value is -0.720. The molecule has 0 aromatic heterocycles. The zero-order valence-corrected chi connectivity index (χ0v) is 10.1. The van der Waals surface area contributed by atoms with Crippen molar-refractivity contribution in [1.29, 1.82) is 0 Å². The third-order valence-corrected chi connectivity index (χ3v) is 2.66. The molecular weight excluding hydrogens is 285 g/mol. The van der Waals surface area contributed by atoms with Gasteiger partial charge in [-0.05, 0) is 28.1 Å². The molecule has 0 spiro atoms. The van der Waals surface area contributed by atoms with Crippen LogP contribution in [0.2, 0.25) is 0 Å².